The minimum atomic E-state index is -0.587. The monoisotopic (exact) mass is 437 g/mol. The van der Waals surface area contributed by atoms with Gasteiger partial charge >= 0.3 is 5.97 Å². The SMILES string of the molecule is COc1cccc(/C=C/C(=O)OCC(=O)Nc2ccccc2I)c1. The Kier molecular flexibility index (Phi) is 6.80. The number of hydrogen-bond donors (Lipinski definition) is 1. The maximum absolute atomic E-state index is 11.8. The van der Waals surface area contributed by atoms with Gasteiger partial charge in [-0.25, -0.2) is 4.79 Å². The number of ether oxygens (including phenoxy) is 2. The molecule has 5 nitrogen and oxygen atoms in total. The average molecular weight is 437 g/mol. The molecule has 0 aliphatic rings. The topological polar surface area (TPSA) is 64.6 Å². The van der Waals surface area contributed by atoms with Crippen LogP contribution in [0.4, 0.5) is 5.69 Å². The normalized spacial score (nSPS) is 10.4. The molecule has 0 radical (unpaired) electrons. The van der Waals surface area contributed by atoms with Gasteiger partial charge in [-0.2, -0.15) is 0 Å². The van der Waals surface area contributed by atoms with E-state index in [1.165, 1.54) is 6.08 Å². The Bertz CT molecular complexity index is 758. The summed E-state index contributed by atoms with van der Waals surface area (Å²) in [5, 5.41) is 2.69. The third-order valence-electron chi connectivity index (χ3n) is 3.00. The lowest BCUT2D eigenvalue weighted by Gasteiger charge is -2.07. The van der Waals surface area contributed by atoms with Crippen molar-refractivity contribution in [2.45, 2.75) is 0 Å². The lowest BCUT2D eigenvalue weighted by molar-refractivity contribution is -0.142. The largest absolute Gasteiger partial charge is 0.497 e. The zero-order valence-corrected chi connectivity index (χ0v) is 15.1. The Balaban J connectivity index is 1.83. The van der Waals surface area contributed by atoms with Crippen LogP contribution >= 0.6 is 22.6 Å². The number of esters is 1. The van der Waals surface area contributed by atoms with Crippen LogP contribution in [0.2, 0.25) is 0 Å². The second-order valence-corrected chi connectivity index (χ2v) is 5.91. The molecule has 1 amide bonds. The average Bonchev–Trinajstić information content (AvgIpc) is 2.60. The van der Waals surface area contributed by atoms with Gasteiger partial charge in [0.1, 0.15) is 5.75 Å². The van der Waals surface area contributed by atoms with E-state index in [-0.39, 0.29) is 12.5 Å². The van der Waals surface area contributed by atoms with Crippen molar-refractivity contribution < 1.29 is 19.1 Å². The van der Waals surface area contributed by atoms with E-state index < -0.39 is 5.97 Å². The van der Waals surface area contributed by atoms with Crippen LogP contribution in [0.5, 0.6) is 5.75 Å². The lowest BCUT2D eigenvalue weighted by Crippen LogP contribution is -2.20. The Morgan fingerprint density at radius 3 is 2.71 bits per heavy atom. The molecule has 0 heterocycles. The minimum Gasteiger partial charge on any atom is -0.497 e. The van der Waals surface area contributed by atoms with E-state index in [1.54, 1.807) is 25.3 Å². The highest BCUT2D eigenvalue weighted by molar-refractivity contribution is 14.1. The van der Waals surface area contributed by atoms with Crippen LogP contribution in [0.1, 0.15) is 5.56 Å². The van der Waals surface area contributed by atoms with Gasteiger partial charge in [-0.1, -0.05) is 24.3 Å². The van der Waals surface area contributed by atoms with Crippen LogP contribution in [0.15, 0.2) is 54.6 Å². The van der Waals surface area contributed by atoms with Gasteiger partial charge in [0.05, 0.1) is 12.8 Å². The Hall–Kier alpha value is -2.35. The van der Waals surface area contributed by atoms with E-state index in [4.69, 9.17) is 9.47 Å². The highest BCUT2D eigenvalue weighted by Gasteiger charge is 2.07. The first-order valence-electron chi connectivity index (χ1n) is 7.12. The third kappa shape index (κ3) is 5.69. The molecule has 2 rings (SSSR count). The molecule has 6 heteroatoms. The van der Waals surface area contributed by atoms with Crippen LogP contribution in [0.3, 0.4) is 0 Å². The molecule has 24 heavy (non-hydrogen) atoms. The van der Waals surface area contributed by atoms with E-state index >= 15 is 0 Å². The number of nitrogens with one attached hydrogen (secondary N) is 1. The minimum absolute atomic E-state index is 0.341. The van der Waals surface area contributed by atoms with E-state index in [0.717, 1.165) is 9.13 Å². The van der Waals surface area contributed by atoms with Crippen LogP contribution in [0, 0.1) is 3.57 Å². The molecular formula is C18H16INO4. The molecule has 0 aromatic heterocycles. The molecule has 0 aliphatic heterocycles. The van der Waals surface area contributed by atoms with E-state index in [2.05, 4.69) is 27.9 Å². The van der Waals surface area contributed by atoms with Crippen molar-refractivity contribution in [3.05, 3.63) is 63.7 Å². The van der Waals surface area contributed by atoms with Gasteiger partial charge in [0.15, 0.2) is 6.61 Å². The molecule has 0 unspecified atom stereocenters. The summed E-state index contributed by atoms with van der Waals surface area (Å²) < 4.78 is 10.9. The molecular weight excluding hydrogens is 421 g/mol. The van der Waals surface area contributed by atoms with E-state index in [0.29, 0.717) is 11.4 Å². The quantitative estimate of drug-likeness (QED) is 0.427. The summed E-state index contributed by atoms with van der Waals surface area (Å²) in [7, 11) is 1.57. The molecule has 0 aliphatic carbocycles. The molecule has 0 fully saturated rings. The molecule has 124 valence electrons. The number of halogens is 1. The van der Waals surface area contributed by atoms with Gasteiger partial charge in [-0.3, -0.25) is 4.79 Å². The van der Waals surface area contributed by atoms with Crippen LogP contribution in [0.25, 0.3) is 6.08 Å². The highest BCUT2D eigenvalue weighted by Crippen LogP contribution is 2.16. The molecule has 0 atom stereocenters. The van der Waals surface area contributed by atoms with Crippen molar-refractivity contribution in [1.29, 1.82) is 0 Å². The van der Waals surface area contributed by atoms with Crippen molar-refractivity contribution in [3.8, 4) is 5.75 Å². The number of anilines is 1. The number of carbonyl (C=O) groups is 2. The predicted octanol–water partition coefficient (Wildman–Crippen LogP) is 3.49. The first-order valence-corrected chi connectivity index (χ1v) is 8.19. The maximum atomic E-state index is 11.8. The number of hydrogen-bond acceptors (Lipinski definition) is 4. The van der Waals surface area contributed by atoms with Gasteiger partial charge in [0, 0.05) is 9.65 Å². The number of rotatable bonds is 6. The van der Waals surface area contributed by atoms with E-state index in [9.17, 15) is 9.59 Å². The first kappa shape index (κ1) is 18.0. The Morgan fingerprint density at radius 1 is 1.17 bits per heavy atom. The van der Waals surface area contributed by atoms with Crippen molar-refractivity contribution >= 4 is 46.2 Å². The van der Waals surface area contributed by atoms with Gasteiger partial charge in [0.25, 0.3) is 5.91 Å². The van der Waals surface area contributed by atoms with Gasteiger partial charge in [-0.15, -0.1) is 0 Å². The van der Waals surface area contributed by atoms with Crippen molar-refractivity contribution in [2.24, 2.45) is 0 Å². The van der Waals surface area contributed by atoms with Crippen LogP contribution in [-0.2, 0) is 14.3 Å². The number of para-hydroxylation sites is 1. The number of carbonyl (C=O) groups excluding carboxylic acids is 2. The fraction of sp³-hybridized carbons (Fsp3) is 0.111. The summed E-state index contributed by atoms with van der Waals surface area (Å²) in [5.41, 5.74) is 1.49. The van der Waals surface area contributed by atoms with Gasteiger partial charge < -0.3 is 14.8 Å². The second-order valence-electron chi connectivity index (χ2n) is 4.75. The highest BCUT2D eigenvalue weighted by atomic mass is 127. The maximum Gasteiger partial charge on any atom is 0.331 e. The standard InChI is InChI=1S/C18H16INO4/c1-23-14-6-4-5-13(11-14)9-10-18(22)24-12-17(21)20-16-8-3-2-7-15(16)19/h2-11H,12H2,1H3,(H,20,21)/b10-9+. The first-order chi connectivity index (χ1) is 11.6. The van der Waals surface area contributed by atoms with E-state index in [1.807, 2.05) is 36.4 Å². The second kappa shape index (κ2) is 9.07. The summed E-state index contributed by atoms with van der Waals surface area (Å²) in [5.74, 6) is -0.277. The zero-order chi connectivity index (χ0) is 17.4. The Labute approximate surface area is 153 Å². The number of methoxy groups -OCH3 is 1. The molecule has 2 aromatic carbocycles. The summed E-state index contributed by atoms with van der Waals surface area (Å²) >= 11 is 2.12. The van der Waals surface area contributed by atoms with Crippen molar-refractivity contribution in [1.82, 2.24) is 0 Å². The van der Waals surface area contributed by atoms with Crippen molar-refractivity contribution in [2.75, 3.05) is 19.0 Å². The van der Waals surface area contributed by atoms with Crippen LogP contribution < -0.4 is 10.1 Å². The summed E-state index contributed by atoms with van der Waals surface area (Å²) in [4.78, 5) is 23.5. The van der Waals surface area contributed by atoms with Crippen LogP contribution in [-0.4, -0.2) is 25.6 Å². The summed E-state index contributed by atoms with van der Waals surface area (Å²) in [6, 6.07) is 14.6. The van der Waals surface area contributed by atoms with Crippen molar-refractivity contribution in [3.63, 3.8) is 0 Å². The fourth-order valence-corrected chi connectivity index (χ4v) is 2.37. The van der Waals surface area contributed by atoms with Gasteiger partial charge in [-0.05, 0) is 58.5 Å². The van der Waals surface area contributed by atoms with Gasteiger partial charge in [0.2, 0.25) is 0 Å². The predicted molar refractivity (Wildman–Crippen MR) is 101 cm³/mol. The molecule has 0 spiro atoms. The summed E-state index contributed by atoms with van der Waals surface area (Å²) in [6.45, 7) is -0.341. The number of benzene rings is 2. The third-order valence-corrected chi connectivity index (χ3v) is 3.94. The fourth-order valence-electron chi connectivity index (χ4n) is 1.84. The Morgan fingerprint density at radius 2 is 1.96 bits per heavy atom. The number of amides is 1. The lowest BCUT2D eigenvalue weighted by atomic mass is 10.2. The smallest absolute Gasteiger partial charge is 0.331 e. The molecule has 0 saturated heterocycles. The molecule has 0 saturated carbocycles. The molecule has 0 bridgehead atoms. The molecule has 1 N–H and O–H groups in total. The molecule has 2 aromatic rings. The zero-order valence-electron chi connectivity index (χ0n) is 13.0. The summed E-state index contributed by atoms with van der Waals surface area (Å²) in [6.07, 6.45) is 2.87.